The van der Waals surface area contributed by atoms with Gasteiger partial charge in [0.1, 0.15) is 0 Å². The molecule has 5 nitrogen and oxygen atoms in total. The first kappa shape index (κ1) is 18.9. The zero-order valence-corrected chi connectivity index (χ0v) is 15.5. The molecule has 2 aliphatic heterocycles. The third-order valence-electron chi connectivity index (χ3n) is 5.87. The topological polar surface area (TPSA) is 69.6 Å². The maximum Gasteiger partial charge on any atom is 0.303 e. The van der Waals surface area contributed by atoms with Crippen LogP contribution in [0.1, 0.15) is 54.4 Å². The Balaban J connectivity index is 1.47. The number of rotatable bonds is 6. The van der Waals surface area contributed by atoms with Crippen molar-refractivity contribution in [2.75, 3.05) is 26.2 Å². The number of aliphatic carboxylic acids is 1. The van der Waals surface area contributed by atoms with E-state index in [0.717, 1.165) is 43.8 Å². The molecule has 0 aromatic heterocycles. The molecule has 2 N–H and O–H groups in total. The molecule has 2 aliphatic rings. The van der Waals surface area contributed by atoms with E-state index in [1.165, 1.54) is 24.8 Å². The van der Waals surface area contributed by atoms with Crippen LogP contribution >= 0.6 is 0 Å². The van der Waals surface area contributed by atoms with Gasteiger partial charge in [0.05, 0.1) is 0 Å². The van der Waals surface area contributed by atoms with Crippen LogP contribution < -0.4 is 5.32 Å². The molecule has 2 fully saturated rings. The van der Waals surface area contributed by atoms with Crippen molar-refractivity contribution >= 4 is 11.9 Å². The first-order chi connectivity index (χ1) is 12.6. The Kier molecular flexibility index (Phi) is 6.67. The Labute approximate surface area is 155 Å². The van der Waals surface area contributed by atoms with E-state index in [2.05, 4.69) is 17.4 Å². The highest BCUT2D eigenvalue weighted by atomic mass is 16.4. The fraction of sp³-hybridized carbons (Fsp3) is 0.619. The molecule has 0 aliphatic carbocycles. The first-order valence-electron chi connectivity index (χ1n) is 9.92. The van der Waals surface area contributed by atoms with E-state index in [1.54, 1.807) is 0 Å². The van der Waals surface area contributed by atoms with Crippen LogP contribution in [-0.4, -0.2) is 48.1 Å². The monoisotopic (exact) mass is 358 g/mol. The summed E-state index contributed by atoms with van der Waals surface area (Å²) in [7, 11) is 0. The quantitative estimate of drug-likeness (QED) is 0.820. The second-order valence-electron chi connectivity index (χ2n) is 7.76. The smallest absolute Gasteiger partial charge is 0.303 e. The van der Waals surface area contributed by atoms with E-state index in [-0.39, 0.29) is 18.2 Å². The molecular weight excluding hydrogens is 328 g/mol. The summed E-state index contributed by atoms with van der Waals surface area (Å²) < 4.78 is 0. The number of carbonyl (C=O) groups is 2. The molecule has 142 valence electrons. The predicted octanol–water partition coefficient (Wildman–Crippen LogP) is 2.95. The maximum absolute atomic E-state index is 12.6. The van der Waals surface area contributed by atoms with Crippen molar-refractivity contribution in [2.24, 2.45) is 11.8 Å². The normalized spacial score (nSPS) is 19.5. The van der Waals surface area contributed by atoms with Crippen LogP contribution in [0.2, 0.25) is 0 Å². The lowest BCUT2D eigenvalue weighted by molar-refractivity contribution is -0.138. The van der Waals surface area contributed by atoms with Crippen LogP contribution in [0.4, 0.5) is 0 Å². The molecule has 2 heterocycles. The van der Waals surface area contributed by atoms with Gasteiger partial charge in [-0.1, -0.05) is 12.1 Å². The minimum Gasteiger partial charge on any atom is -0.481 e. The highest BCUT2D eigenvalue weighted by Crippen LogP contribution is 2.23. The Morgan fingerprint density at radius 3 is 2.27 bits per heavy atom. The van der Waals surface area contributed by atoms with E-state index >= 15 is 0 Å². The number of aryl methyl sites for hydroxylation is 1. The number of hydrogen-bond donors (Lipinski definition) is 2. The number of carbonyl (C=O) groups excluding carboxylic acids is 1. The second-order valence-corrected chi connectivity index (χ2v) is 7.76. The molecule has 0 bridgehead atoms. The van der Waals surface area contributed by atoms with Gasteiger partial charge in [0.25, 0.3) is 5.91 Å². The van der Waals surface area contributed by atoms with Crippen molar-refractivity contribution in [1.29, 1.82) is 0 Å². The van der Waals surface area contributed by atoms with E-state index < -0.39 is 5.97 Å². The number of likely N-dealkylation sites (tertiary alicyclic amines) is 1. The summed E-state index contributed by atoms with van der Waals surface area (Å²) in [5, 5.41) is 12.3. The van der Waals surface area contributed by atoms with Crippen LogP contribution in [0.3, 0.4) is 0 Å². The summed E-state index contributed by atoms with van der Waals surface area (Å²) in [5.74, 6) is 0.358. The predicted molar refractivity (Wildman–Crippen MR) is 101 cm³/mol. The summed E-state index contributed by atoms with van der Waals surface area (Å²) >= 11 is 0. The molecule has 2 saturated heterocycles. The van der Waals surface area contributed by atoms with E-state index in [4.69, 9.17) is 5.11 Å². The molecule has 1 aromatic rings. The number of amides is 1. The van der Waals surface area contributed by atoms with Crippen molar-refractivity contribution < 1.29 is 14.7 Å². The van der Waals surface area contributed by atoms with Crippen LogP contribution in [0.25, 0.3) is 0 Å². The molecule has 3 rings (SSSR count). The molecule has 0 unspecified atom stereocenters. The molecule has 5 heteroatoms. The Morgan fingerprint density at radius 2 is 1.65 bits per heavy atom. The van der Waals surface area contributed by atoms with Gasteiger partial charge in [-0.15, -0.1) is 0 Å². The van der Waals surface area contributed by atoms with Gasteiger partial charge in [0, 0.05) is 25.1 Å². The highest BCUT2D eigenvalue weighted by molar-refractivity contribution is 5.94. The zero-order valence-electron chi connectivity index (χ0n) is 15.5. The summed E-state index contributed by atoms with van der Waals surface area (Å²) in [5.41, 5.74) is 2.05. The molecule has 26 heavy (non-hydrogen) atoms. The lowest BCUT2D eigenvalue weighted by Gasteiger charge is -2.31. The average Bonchev–Trinajstić information content (AvgIpc) is 2.67. The third kappa shape index (κ3) is 5.31. The average molecular weight is 358 g/mol. The fourth-order valence-electron chi connectivity index (χ4n) is 4.12. The summed E-state index contributed by atoms with van der Waals surface area (Å²) in [6, 6.07) is 8.07. The number of piperidine rings is 2. The fourth-order valence-corrected chi connectivity index (χ4v) is 4.12. The van der Waals surface area contributed by atoms with Gasteiger partial charge in [-0.25, -0.2) is 0 Å². The van der Waals surface area contributed by atoms with E-state index in [9.17, 15) is 9.59 Å². The standard InChI is InChI=1S/C21H30N2O3/c24-20(25)15-18-9-13-23(14-10-18)21(26)19-5-3-16(4-6-19)1-2-17-7-11-22-12-8-17/h3-6,17-18,22H,1-2,7-15H2,(H,24,25). The Bertz CT molecular complexity index is 600. The number of nitrogens with one attached hydrogen (secondary N) is 1. The van der Waals surface area contributed by atoms with E-state index in [1.807, 2.05) is 17.0 Å². The number of carboxylic acid groups (broad SMARTS) is 1. The maximum atomic E-state index is 12.6. The van der Waals surface area contributed by atoms with Gasteiger partial charge in [0.2, 0.25) is 0 Å². The van der Waals surface area contributed by atoms with Crippen molar-refractivity contribution in [3.63, 3.8) is 0 Å². The van der Waals surface area contributed by atoms with E-state index in [0.29, 0.717) is 13.1 Å². The SMILES string of the molecule is O=C(O)CC1CCN(C(=O)c2ccc(CCC3CCNCC3)cc2)CC1. The van der Waals surface area contributed by atoms with Crippen LogP contribution in [-0.2, 0) is 11.2 Å². The summed E-state index contributed by atoms with van der Waals surface area (Å²) in [6.07, 6.45) is 6.64. The van der Waals surface area contributed by atoms with Crippen molar-refractivity contribution in [3.8, 4) is 0 Å². The van der Waals surface area contributed by atoms with Gasteiger partial charge in [-0.05, 0) is 81.1 Å². The molecule has 1 aromatic carbocycles. The molecule has 0 spiro atoms. The second kappa shape index (κ2) is 9.17. The van der Waals surface area contributed by atoms with Gasteiger partial charge in [-0.2, -0.15) is 0 Å². The lowest BCUT2D eigenvalue weighted by atomic mass is 9.91. The minimum atomic E-state index is -0.741. The third-order valence-corrected chi connectivity index (χ3v) is 5.87. The largest absolute Gasteiger partial charge is 0.481 e. The number of carboxylic acids is 1. The Hall–Kier alpha value is -1.88. The lowest BCUT2D eigenvalue weighted by Crippen LogP contribution is -2.38. The minimum absolute atomic E-state index is 0.0729. The molecular formula is C21H30N2O3. The number of nitrogens with zero attached hydrogens (tertiary/aromatic N) is 1. The number of benzene rings is 1. The van der Waals surface area contributed by atoms with Crippen molar-refractivity contribution in [3.05, 3.63) is 35.4 Å². The molecule has 0 atom stereocenters. The molecule has 0 radical (unpaired) electrons. The molecule has 1 amide bonds. The zero-order chi connectivity index (χ0) is 18.4. The molecule has 0 saturated carbocycles. The summed E-state index contributed by atoms with van der Waals surface area (Å²) in [4.78, 5) is 25.3. The van der Waals surface area contributed by atoms with Crippen LogP contribution in [0.15, 0.2) is 24.3 Å². The van der Waals surface area contributed by atoms with Crippen LogP contribution in [0.5, 0.6) is 0 Å². The van der Waals surface area contributed by atoms with Gasteiger partial charge in [0.15, 0.2) is 0 Å². The summed E-state index contributed by atoms with van der Waals surface area (Å²) in [6.45, 7) is 3.60. The van der Waals surface area contributed by atoms with Crippen molar-refractivity contribution in [2.45, 2.75) is 44.9 Å². The highest BCUT2D eigenvalue weighted by Gasteiger charge is 2.25. The van der Waals surface area contributed by atoms with Gasteiger partial charge >= 0.3 is 5.97 Å². The van der Waals surface area contributed by atoms with Crippen molar-refractivity contribution in [1.82, 2.24) is 10.2 Å². The van der Waals surface area contributed by atoms with Crippen LogP contribution in [0, 0.1) is 11.8 Å². The first-order valence-corrected chi connectivity index (χ1v) is 9.92. The van der Waals surface area contributed by atoms with Gasteiger partial charge in [-0.3, -0.25) is 9.59 Å². The number of hydrogen-bond acceptors (Lipinski definition) is 3. The Morgan fingerprint density at radius 1 is 1.00 bits per heavy atom. The van der Waals surface area contributed by atoms with Gasteiger partial charge < -0.3 is 15.3 Å².